The molecule has 0 saturated carbocycles. The highest BCUT2D eigenvalue weighted by Gasteiger charge is 2.29. The fraction of sp³-hybridized carbons (Fsp3) is 0.833. The molecule has 1 heterocycles. The molecule has 0 radical (unpaired) electrons. The molecule has 1 saturated heterocycles. The minimum atomic E-state index is -1.07. The van der Waals surface area contributed by atoms with E-state index in [1.165, 1.54) is 7.11 Å². The lowest BCUT2D eigenvalue weighted by Crippen LogP contribution is -2.50. The molecule has 1 aliphatic rings. The number of nitrogens with zero attached hydrogens (tertiary/aromatic N) is 1. The number of aliphatic carboxylic acids is 1. The second-order valence-corrected chi connectivity index (χ2v) is 5.44. The minimum absolute atomic E-state index is 0.0123. The van der Waals surface area contributed by atoms with Crippen LogP contribution in [0.4, 0.5) is 4.79 Å². The van der Waals surface area contributed by atoms with Crippen molar-refractivity contribution in [2.24, 2.45) is 5.41 Å². The molecule has 0 spiro atoms. The monoisotopic (exact) mass is 258 g/mol. The molecule has 18 heavy (non-hydrogen) atoms. The van der Waals surface area contributed by atoms with Crippen LogP contribution in [0.1, 0.15) is 26.7 Å². The van der Waals surface area contributed by atoms with E-state index < -0.39 is 12.1 Å². The van der Waals surface area contributed by atoms with Crippen molar-refractivity contribution in [1.29, 1.82) is 0 Å². The van der Waals surface area contributed by atoms with E-state index in [2.05, 4.69) is 19.2 Å². The number of ether oxygens (including phenoxy) is 1. The average molecular weight is 258 g/mol. The zero-order valence-corrected chi connectivity index (χ0v) is 11.2. The zero-order valence-electron chi connectivity index (χ0n) is 11.2. The summed E-state index contributed by atoms with van der Waals surface area (Å²) in [4.78, 5) is 24.4. The maximum atomic E-state index is 11.9. The first kappa shape index (κ1) is 14.8. The number of carbonyl (C=O) groups excluding carboxylic acids is 1. The number of amides is 2. The van der Waals surface area contributed by atoms with Gasteiger partial charge in [-0.3, -0.25) is 0 Å². The van der Waals surface area contributed by atoms with Gasteiger partial charge in [0.2, 0.25) is 0 Å². The highest BCUT2D eigenvalue weighted by atomic mass is 16.5. The number of nitrogens with one attached hydrogen (secondary N) is 1. The Morgan fingerprint density at radius 1 is 1.50 bits per heavy atom. The largest absolute Gasteiger partial charge is 0.479 e. The lowest BCUT2D eigenvalue weighted by atomic mass is 9.84. The van der Waals surface area contributed by atoms with Crippen molar-refractivity contribution in [1.82, 2.24) is 10.2 Å². The highest BCUT2D eigenvalue weighted by molar-refractivity contribution is 5.77. The topological polar surface area (TPSA) is 78.9 Å². The fourth-order valence-electron chi connectivity index (χ4n) is 2.16. The second-order valence-electron chi connectivity index (χ2n) is 5.44. The summed E-state index contributed by atoms with van der Waals surface area (Å²) in [7, 11) is 1.31. The Bertz CT molecular complexity index is 317. The van der Waals surface area contributed by atoms with E-state index in [1.54, 1.807) is 4.90 Å². The van der Waals surface area contributed by atoms with Gasteiger partial charge in [-0.05, 0) is 18.3 Å². The number of rotatable bonds is 4. The predicted molar refractivity (Wildman–Crippen MR) is 66.4 cm³/mol. The Labute approximate surface area is 107 Å². The van der Waals surface area contributed by atoms with Crippen molar-refractivity contribution in [3.63, 3.8) is 0 Å². The van der Waals surface area contributed by atoms with Crippen LogP contribution in [0.5, 0.6) is 0 Å². The van der Waals surface area contributed by atoms with Gasteiger partial charge in [-0.2, -0.15) is 0 Å². The minimum Gasteiger partial charge on any atom is -0.479 e. The molecule has 6 nitrogen and oxygen atoms in total. The fourth-order valence-corrected chi connectivity index (χ4v) is 2.16. The molecule has 0 bridgehead atoms. The van der Waals surface area contributed by atoms with Crippen molar-refractivity contribution < 1.29 is 19.4 Å². The van der Waals surface area contributed by atoms with Crippen LogP contribution in [0.3, 0.4) is 0 Å². The lowest BCUT2D eigenvalue weighted by Gasteiger charge is -2.38. The quantitative estimate of drug-likeness (QED) is 0.786. The van der Waals surface area contributed by atoms with Crippen molar-refractivity contribution in [3.05, 3.63) is 0 Å². The number of carboxylic acids is 1. The maximum absolute atomic E-state index is 11.9. The molecule has 2 N–H and O–H groups in total. The Morgan fingerprint density at radius 2 is 2.17 bits per heavy atom. The van der Waals surface area contributed by atoms with Crippen LogP contribution in [-0.4, -0.2) is 54.9 Å². The van der Waals surface area contributed by atoms with E-state index >= 15 is 0 Å². The molecule has 2 amide bonds. The molecule has 1 fully saturated rings. The lowest BCUT2D eigenvalue weighted by molar-refractivity contribution is -0.148. The van der Waals surface area contributed by atoms with Crippen molar-refractivity contribution >= 4 is 12.0 Å². The van der Waals surface area contributed by atoms with E-state index in [9.17, 15) is 9.59 Å². The molecule has 0 aromatic rings. The molecule has 0 aromatic carbocycles. The number of methoxy groups -OCH3 is 1. The standard InChI is InChI=1S/C12H22N2O4/c1-12(2)5-4-6-14(8-12)11(17)13-7-9(18-3)10(15)16/h9H,4-8H2,1-3H3,(H,13,17)(H,15,16). The smallest absolute Gasteiger partial charge is 0.334 e. The summed E-state index contributed by atoms with van der Waals surface area (Å²) in [5.74, 6) is -1.07. The Hall–Kier alpha value is -1.30. The number of carbonyl (C=O) groups is 2. The molecule has 1 atom stereocenters. The van der Waals surface area contributed by atoms with Crippen LogP contribution in [0, 0.1) is 5.41 Å². The molecule has 1 aliphatic heterocycles. The first-order valence-electron chi connectivity index (χ1n) is 6.14. The van der Waals surface area contributed by atoms with Gasteiger partial charge in [-0.1, -0.05) is 13.8 Å². The SMILES string of the molecule is COC(CNC(=O)N1CCCC(C)(C)C1)C(=O)O. The van der Waals surface area contributed by atoms with Crippen LogP contribution in [0.2, 0.25) is 0 Å². The molecule has 1 rings (SSSR count). The number of hydrogen-bond acceptors (Lipinski definition) is 3. The third kappa shape index (κ3) is 4.18. The number of hydrogen-bond donors (Lipinski definition) is 2. The summed E-state index contributed by atoms with van der Waals surface area (Å²) in [5, 5.41) is 11.4. The van der Waals surface area contributed by atoms with Gasteiger partial charge < -0.3 is 20.1 Å². The van der Waals surface area contributed by atoms with Crippen LogP contribution < -0.4 is 5.32 Å². The Kier molecular flexibility index (Phi) is 4.95. The van der Waals surface area contributed by atoms with Gasteiger partial charge in [0, 0.05) is 20.2 Å². The Morgan fingerprint density at radius 3 is 2.67 bits per heavy atom. The van der Waals surface area contributed by atoms with Crippen LogP contribution in [-0.2, 0) is 9.53 Å². The van der Waals surface area contributed by atoms with Crippen LogP contribution in [0.15, 0.2) is 0 Å². The Balaban J connectivity index is 2.43. The van der Waals surface area contributed by atoms with E-state index in [1.807, 2.05) is 0 Å². The second kappa shape index (κ2) is 6.04. The van der Waals surface area contributed by atoms with Gasteiger partial charge in [0.15, 0.2) is 6.10 Å². The van der Waals surface area contributed by atoms with Crippen molar-refractivity contribution in [2.75, 3.05) is 26.7 Å². The first-order chi connectivity index (χ1) is 8.35. The van der Waals surface area contributed by atoms with E-state index in [-0.39, 0.29) is 18.0 Å². The van der Waals surface area contributed by atoms with E-state index in [4.69, 9.17) is 9.84 Å². The molecule has 104 valence electrons. The number of piperidine rings is 1. The first-order valence-corrected chi connectivity index (χ1v) is 6.14. The predicted octanol–water partition coefficient (Wildman–Crippen LogP) is 0.918. The van der Waals surface area contributed by atoms with Crippen LogP contribution in [0.25, 0.3) is 0 Å². The summed E-state index contributed by atoms with van der Waals surface area (Å²) >= 11 is 0. The summed E-state index contributed by atoms with van der Waals surface area (Å²) in [6, 6.07) is -0.217. The number of urea groups is 1. The summed E-state index contributed by atoms with van der Waals surface area (Å²) in [6.45, 7) is 5.66. The van der Waals surface area contributed by atoms with E-state index in [0.717, 1.165) is 19.4 Å². The van der Waals surface area contributed by atoms with Gasteiger partial charge in [-0.25, -0.2) is 9.59 Å². The van der Waals surface area contributed by atoms with Gasteiger partial charge in [-0.15, -0.1) is 0 Å². The van der Waals surface area contributed by atoms with Crippen molar-refractivity contribution in [2.45, 2.75) is 32.8 Å². The molecule has 0 aromatic heterocycles. The molecule has 1 unspecified atom stereocenters. The molecular weight excluding hydrogens is 236 g/mol. The highest BCUT2D eigenvalue weighted by Crippen LogP contribution is 2.28. The number of carboxylic acid groups (broad SMARTS) is 1. The van der Waals surface area contributed by atoms with Gasteiger partial charge >= 0.3 is 12.0 Å². The van der Waals surface area contributed by atoms with Gasteiger partial charge in [0.05, 0.1) is 6.54 Å². The normalized spacial score (nSPS) is 20.3. The summed E-state index contributed by atoms with van der Waals surface area (Å²) < 4.78 is 4.76. The number of likely N-dealkylation sites (tertiary alicyclic amines) is 1. The van der Waals surface area contributed by atoms with Gasteiger partial charge in [0.1, 0.15) is 0 Å². The average Bonchev–Trinajstić information content (AvgIpc) is 2.27. The van der Waals surface area contributed by atoms with E-state index in [0.29, 0.717) is 6.54 Å². The zero-order chi connectivity index (χ0) is 13.8. The van der Waals surface area contributed by atoms with Crippen LogP contribution >= 0.6 is 0 Å². The summed E-state index contributed by atoms with van der Waals surface area (Å²) in [6.07, 6.45) is 1.09. The van der Waals surface area contributed by atoms with Crippen molar-refractivity contribution in [3.8, 4) is 0 Å². The molecular formula is C12H22N2O4. The molecule has 0 aliphatic carbocycles. The maximum Gasteiger partial charge on any atom is 0.334 e. The van der Waals surface area contributed by atoms with Gasteiger partial charge in [0.25, 0.3) is 0 Å². The third-order valence-corrected chi connectivity index (χ3v) is 3.19. The summed E-state index contributed by atoms with van der Waals surface area (Å²) in [5.41, 5.74) is 0.128. The third-order valence-electron chi connectivity index (χ3n) is 3.19. The molecule has 6 heteroatoms.